The van der Waals surface area contributed by atoms with Crippen LogP contribution in [-0.4, -0.2) is 25.7 Å². The number of carbonyl (C=O) groups is 1. The Morgan fingerprint density at radius 2 is 2.00 bits per heavy atom. The van der Waals surface area contributed by atoms with Gasteiger partial charge in [0.2, 0.25) is 0 Å². The van der Waals surface area contributed by atoms with Crippen molar-refractivity contribution in [3.05, 3.63) is 65.4 Å². The molecule has 0 fully saturated rings. The van der Waals surface area contributed by atoms with Crippen LogP contribution in [0, 0.1) is 0 Å². The van der Waals surface area contributed by atoms with E-state index in [-0.39, 0.29) is 5.91 Å². The lowest BCUT2D eigenvalue weighted by Gasteiger charge is -2.06. The topological polar surface area (TPSA) is 75.6 Å². The number of H-pyrrole nitrogens is 1. The number of fused-ring (bicyclic) bond motifs is 1. The number of aryl methyl sites for hydroxylation is 1. The molecule has 6 nitrogen and oxygen atoms in total. The third-order valence-corrected chi connectivity index (χ3v) is 4.17. The van der Waals surface area contributed by atoms with Gasteiger partial charge in [0.25, 0.3) is 5.91 Å². The Labute approximate surface area is 148 Å². The first kappa shape index (κ1) is 15.4. The Hall–Kier alpha value is -3.12. The van der Waals surface area contributed by atoms with E-state index in [4.69, 9.17) is 11.6 Å². The van der Waals surface area contributed by atoms with Crippen LogP contribution in [0.25, 0.3) is 22.4 Å². The summed E-state index contributed by atoms with van der Waals surface area (Å²) < 4.78 is 1.44. The summed E-state index contributed by atoms with van der Waals surface area (Å²) in [5.74, 6) is 0.473. The van der Waals surface area contributed by atoms with Gasteiger partial charge in [-0.3, -0.25) is 9.48 Å². The quantitative estimate of drug-likeness (QED) is 0.588. The largest absolute Gasteiger partial charge is 0.338 e. The van der Waals surface area contributed by atoms with Crippen molar-refractivity contribution in [3.8, 4) is 11.4 Å². The van der Waals surface area contributed by atoms with Gasteiger partial charge in [-0.05, 0) is 18.2 Å². The number of carbonyl (C=O) groups excluding carboxylic acids is 1. The molecular formula is C18H14ClN5O. The minimum atomic E-state index is -0.313. The number of rotatable bonds is 3. The zero-order chi connectivity index (χ0) is 17.4. The van der Waals surface area contributed by atoms with Gasteiger partial charge >= 0.3 is 0 Å². The predicted octanol–water partition coefficient (Wildman–Crippen LogP) is 3.87. The number of aromatic nitrogens is 4. The Morgan fingerprint density at radius 1 is 1.20 bits per heavy atom. The molecule has 2 aromatic carbocycles. The second kappa shape index (κ2) is 6.07. The molecule has 0 unspecified atom stereocenters. The van der Waals surface area contributed by atoms with E-state index in [0.29, 0.717) is 16.4 Å². The minimum Gasteiger partial charge on any atom is -0.338 e. The van der Waals surface area contributed by atoms with Crippen molar-refractivity contribution in [2.24, 2.45) is 7.05 Å². The van der Waals surface area contributed by atoms with Crippen LogP contribution in [0.15, 0.2) is 54.7 Å². The summed E-state index contributed by atoms with van der Waals surface area (Å²) in [6.45, 7) is 0. The van der Waals surface area contributed by atoms with Gasteiger partial charge in [-0.2, -0.15) is 5.10 Å². The fourth-order valence-electron chi connectivity index (χ4n) is 2.68. The van der Waals surface area contributed by atoms with E-state index in [1.165, 1.54) is 10.9 Å². The maximum Gasteiger partial charge on any atom is 0.275 e. The third kappa shape index (κ3) is 2.88. The first-order valence-electron chi connectivity index (χ1n) is 7.66. The summed E-state index contributed by atoms with van der Waals surface area (Å²) in [6, 6.07) is 15.4. The number of benzene rings is 2. The molecule has 0 saturated carbocycles. The Balaban J connectivity index is 1.64. The van der Waals surface area contributed by atoms with Crippen molar-refractivity contribution in [1.29, 1.82) is 0 Å². The number of imidazole rings is 1. The standard InChI is InChI=1S/C18H14ClN5O/c1-24-16(13(19)10-20-24)18(25)21-12-7-8-14-15(9-12)23-17(22-14)11-5-3-2-4-6-11/h2-10H,1H3,(H,21,25)(H,22,23). The lowest BCUT2D eigenvalue weighted by molar-refractivity contribution is 0.101. The van der Waals surface area contributed by atoms with Crippen molar-refractivity contribution in [2.75, 3.05) is 5.32 Å². The first-order valence-corrected chi connectivity index (χ1v) is 8.03. The molecule has 0 spiro atoms. The number of nitrogens with zero attached hydrogens (tertiary/aromatic N) is 3. The van der Waals surface area contributed by atoms with Crippen molar-refractivity contribution < 1.29 is 4.79 Å². The maximum atomic E-state index is 12.4. The van der Waals surface area contributed by atoms with Gasteiger partial charge in [-0.1, -0.05) is 41.9 Å². The predicted molar refractivity (Wildman–Crippen MR) is 97.7 cm³/mol. The fourth-order valence-corrected chi connectivity index (χ4v) is 2.93. The zero-order valence-electron chi connectivity index (χ0n) is 13.3. The van der Waals surface area contributed by atoms with E-state index < -0.39 is 0 Å². The third-order valence-electron chi connectivity index (χ3n) is 3.90. The number of hydrogen-bond donors (Lipinski definition) is 2. The number of anilines is 1. The van der Waals surface area contributed by atoms with E-state index in [9.17, 15) is 4.79 Å². The molecule has 0 aliphatic rings. The molecule has 2 N–H and O–H groups in total. The summed E-state index contributed by atoms with van der Waals surface area (Å²) in [4.78, 5) is 20.3. The second-order valence-corrected chi connectivity index (χ2v) is 6.01. The average molecular weight is 352 g/mol. The van der Waals surface area contributed by atoms with Crippen LogP contribution in [0.5, 0.6) is 0 Å². The van der Waals surface area contributed by atoms with Crippen molar-refractivity contribution in [2.45, 2.75) is 0 Å². The SMILES string of the molecule is Cn1ncc(Cl)c1C(=O)Nc1ccc2nc(-c3ccccc3)[nH]c2c1. The van der Waals surface area contributed by atoms with Crippen LogP contribution < -0.4 is 5.32 Å². The summed E-state index contributed by atoms with van der Waals surface area (Å²) >= 11 is 6.01. The molecule has 0 radical (unpaired) electrons. The summed E-state index contributed by atoms with van der Waals surface area (Å²) in [7, 11) is 1.67. The molecule has 0 bridgehead atoms. The smallest absolute Gasteiger partial charge is 0.275 e. The second-order valence-electron chi connectivity index (χ2n) is 5.60. The summed E-state index contributed by atoms with van der Waals surface area (Å²) in [5.41, 5.74) is 3.64. The first-order chi connectivity index (χ1) is 12.1. The molecule has 25 heavy (non-hydrogen) atoms. The van der Waals surface area contributed by atoms with Gasteiger partial charge in [0.15, 0.2) is 0 Å². The van der Waals surface area contributed by atoms with Crippen molar-refractivity contribution >= 4 is 34.2 Å². The summed E-state index contributed by atoms with van der Waals surface area (Å²) in [6.07, 6.45) is 1.45. The van der Waals surface area contributed by atoms with E-state index in [1.807, 2.05) is 42.5 Å². The molecule has 124 valence electrons. The van der Waals surface area contributed by atoms with Crippen LogP contribution >= 0.6 is 11.6 Å². The number of amides is 1. The fraction of sp³-hybridized carbons (Fsp3) is 0.0556. The minimum absolute atomic E-state index is 0.313. The molecule has 2 heterocycles. The van der Waals surface area contributed by atoms with Gasteiger partial charge < -0.3 is 10.3 Å². The molecule has 1 amide bonds. The van der Waals surface area contributed by atoms with Crippen molar-refractivity contribution in [3.63, 3.8) is 0 Å². The lowest BCUT2D eigenvalue weighted by atomic mass is 10.2. The Kier molecular flexibility index (Phi) is 3.74. The van der Waals surface area contributed by atoms with E-state index in [0.717, 1.165) is 22.4 Å². The highest BCUT2D eigenvalue weighted by Gasteiger charge is 2.16. The highest BCUT2D eigenvalue weighted by Crippen LogP contribution is 2.23. The molecule has 2 aromatic heterocycles. The lowest BCUT2D eigenvalue weighted by Crippen LogP contribution is -2.16. The van der Waals surface area contributed by atoms with Crippen LogP contribution in [0.1, 0.15) is 10.5 Å². The highest BCUT2D eigenvalue weighted by molar-refractivity contribution is 6.34. The number of nitrogens with one attached hydrogen (secondary N) is 2. The molecule has 0 saturated heterocycles. The van der Waals surface area contributed by atoms with Crippen molar-refractivity contribution in [1.82, 2.24) is 19.7 Å². The van der Waals surface area contributed by atoms with Gasteiger partial charge in [0.1, 0.15) is 11.5 Å². The molecule has 7 heteroatoms. The maximum absolute atomic E-state index is 12.4. The van der Waals surface area contributed by atoms with Gasteiger partial charge in [0, 0.05) is 18.3 Å². The zero-order valence-corrected chi connectivity index (χ0v) is 14.1. The molecule has 0 aliphatic heterocycles. The van der Waals surface area contributed by atoms with Crippen LogP contribution in [0.3, 0.4) is 0 Å². The van der Waals surface area contributed by atoms with Gasteiger partial charge in [0.05, 0.1) is 22.3 Å². The van der Waals surface area contributed by atoms with Gasteiger partial charge in [-0.25, -0.2) is 4.98 Å². The van der Waals surface area contributed by atoms with E-state index >= 15 is 0 Å². The normalized spacial score (nSPS) is 11.0. The number of hydrogen-bond acceptors (Lipinski definition) is 3. The van der Waals surface area contributed by atoms with E-state index in [1.54, 1.807) is 13.1 Å². The van der Waals surface area contributed by atoms with Crippen LogP contribution in [-0.2, 0) is 7.05 Å². The van der Waals surface area contributed by atoms with Crippen LogP contribution in [0.4, 0.5) is 5.69 Å². The highest BCUT2D eigenvalue weighted by atomic mass is 35.5. The molecule has 4 rings (SSSR count). The Morgan fingerprint density at radius 3 is 2.72 bits per heavy atom. The Bertz CT molecular complexity index is 1050. The monoisotopic (exact) mass is 351 g/mol. The van der Waals surface area contributed by atoms with E-state index in [2.05, 4.69) is 20.4 Å². The summed E-state index contributed by atoms with van der Waals surface area (Å²) in [5, 5.41) is 7.12. The molecular weight excluding hydrogens is 338 g/mol. The number of aromatic amines is 1. The number of halogens is 1. The molecule has 4 aromatic rings. The van der Waals surface area contributed by atoms with Crippen LogP contribution in [0.2, 0.25) is 5.02 Å². The average Bonchev–Trinajstić information content (AvgIpc) is 3.18. The molecule has 0 aliphatic carbocycles. The molecule has 0 atom stereocenters. The van der Waals surface area contributed by atoms with Gasteiger partial charge in [-0.15, -0.1) is 0 Å².